The molecule has 1 aliphatic heterocycles. The molecule has 4 nitrogen and oxygen atoms in total. The number of nitrogens with two attached hydrogens (primary N) is 1. The number of likely N-dealkylation sites (tertiary alicyclic amines) is 1. The summed E-state index contributed by atoms with van der Waals surface area (Å²) in [6.45, 7) is 3.00. The molecule has 2 fully saturated rings. The lowest BCUT2D eigenvalue weighted by Gasteiger charge is -2.31. The first kappa shape index (κ1) is 13.8. The molecule has 4 heteroatoms. The van der Waals surface area contributed by atoms with Crippen LogP contribution in [0.1, 0.15) is 45.4 Å². The van der Waals surface area contributed by atoms with Crippen molar-refractivity contribution in [1.29, 1.82) is 0 Å². The molecule has 4 atom stereocenters. The number of amides is 1. The molecular weight excluding hydrogens is 228 g/mol. The van der Waals surface area contributed by atoms with Gasteiger partial charge in [0.1, 0.15) is 0 Å². The highest BCUT2D eigenvalue weighted by atomic mass is 16.3. The highest BCUT2D eigenvalue weighted by Gasteiger charge is 2.35. The minimum Gasteiger partial charge on any atom is -0.394 e. The van der Waals surface area contributed by atoms with Crippen molar-refractivity contribution in [1.82, 2.24) is 4.90 Å². The molecule has 0 aromatic heterocycles. The van der Waals surface area contributed by atoms with Gasteiger partial charge in [-0.2, -0.15) is 0 Å². The predicted molar refractivity (Wildman–Crippen MR) is 70.9 cm³/mol. The summed E-state index contributed by atoms with van der Waals surface area (Å²) in [4.78, 5) is 14.2. The molecule has 2 rings (SSSR count). The molecule has 1 aliphatic carbocycles. The number of hydrogen-bond acceptors (Lipinski definition) is 3. The van der Waals surface area contributed by atoms with Gasteiger partial charge < -0.3 is 15.7 Å². The lowest BCUT2D eigenvalue weighted by molar-refractivity contribution is -0.134. The monoisotopic (exact) mass is 254 g/mol. The first-order valence-electron chi connectivity index (χ1n) is 7.29. The maximum atomic E-state index is 12.3. The number of aliphatic hydroxyl groups is 1. The largest absolute Gasteiger partial charge is 0.394 e. The lowest BCUT2D eigenvalue weighted by atomic mass is 9.82. The van der Waals surface area contributed by atoms with Gasteiger partial charge in [0.15, 0.2) is 0 Å². The quantitative estimate of drug-likeness (QED) is 0.793. The Morgan fingerprint density at radius 3 is 2.72 bits per heavy atom. The van der Waals surface area contributed by atoms with Crippen LogP contribution in [0.5, 0.6) is 0 Å². The van der Waals surface area contributed by atoms with Crippen LogP contribution in [0, 0.1) is 11.8 Å². The third kappa shape index (κ3) is 2.86. The SMILES string of the molecule is CC1CCN(C(=O)CC2CCCCC2N)C1CO. The van der Waals surface area contributed by atoms with E-state index in [1.54, 1.807) is 0 Å². The molecule has 18 heavy (non-hydrogen) atoms. The van der Waals surface area contributed by atoms with Gasteiger partial charge in [-0.05, 0) is 31.1 Å². The summed E-state index contributed by atoms with van der Waals surface area (Å²) in [5.41, 5.74) is 6.10. The van der Waals surface area contributed by atoms with Crippen LogP contribution < -0.4 is 5.73 Å². The molecule has 0 aromatic rings. The van der Waals surface area contributed by atoms with Crippen molar-refractivity contribution < 1.29 is 9.90 Å². The maximum absolute atomic E-state index is 12.3. The maximum Gasteiger partial charge on any atom is 0.223 e. The fourth-order valence-electron chi connectivity index (χ4n) is 3.43. The standard InChI is InChI=1S/C14H26N2O2/c1-10-6-7-16(13(10)9-17)14(18)8-11-4-2-3-5-12(11)15/h10-13,17H,2-9,15H2,1H3. The molecule has 4 unspecified atom stereocenters. The van der Waals surface area contributed by atoms with Gasteiger partial charge in [0.25, 0.3) is 0 Å². The van der Waals surface area contributed by atoms with Crippen LogP contribution in [0.2, 0.25) is 0 Å². The molecule has 0 bridgehead atoms. The molecule has 0 spiro atoms. The topological polar surface area (TPSA) is 66.6 Å². The molecule has 1 heterocycles. The Bertz CT molecular complexity index is 296. The zero-order valence-electron chi connectivity index (χ0n) is 11.3. The average molecular weight is 254 g/mol. The van der Waals surface area contributed by atoms with E-state index in [4.69, 9.17) is 5.73 Å². The van der Waals surface area contributed by atoms with Crippen LogP contribution in [0.4, 0.5) is 0 Å². The zero-order chi connectivity index (χ0) is 13.1. The Morgan fingerprint density at radius 1 is 1.33 bits per heavy atom. The van der Waals surface area contributed by atoms with Gasteiger partial charge in [0.05, 0.1) is 12.6 Å². The minimum atomic E-state index is 0.0253. The predicted octanol–water partition coefficient (Wildman–Crippen LogP) is 1.12. The van der Waals surface area contributed by atoms with E-state index in [2.05, 4.69) is 6.92 Å². The van der Waals surface area contributed by atoms with E-state index in [1.165, 1.54) is 12.8 Å². The smallest absolute Gasteiger partial charge is 0.223 e. The number of hydrogen-bond donors (Lipinski definition) is 2. The molecule has 3 N–H and O–H groups in total. The summed E-state index contributed by atoms with van der Waals surface area (Å²) in [7, 11) is 0. The molecular formula is C14H26N2O2. The van der Waals surface area contributed by atoms with Gasteiger partial charge >= 0.3 is 0 Å². The molecule has 1 saturated heterocycles. The average Bonchev–Trinajstić information content (AvgIpc) is 2.73. The zero-order valence-corrected chi connectivity index (χ0v) is 11.3. The molecule has 0 aromatic carbocycles. The second kappa shape index (κ2) is 6.02. The normalized spacial score (nSPS) is 36.9. The van der Waals surface area contributed by atoms with Crippen molar-refractivity contribution in [2.45, 2.75) is 57.5 Å². The Labute approximate surface area is 110 Å². The Morgan fingerprint density at radius 2 is 2.06 bits per heavy atom. The van der Waals surface area contributed by atoms with Gasteiger partial charge in [0, 0.05) is 19.0 Å². The van der Waals surface area contributed by atoms with Crippen molar-refractivity contribution in [3.05, 3.63) is 0 Å². The van der Waals surface area contributed by atoms with Crippen molar-refractivity contribution >= 4 is 5.91 Å². The van der Waals surface area contributed by atoms with Crippen LogP contribution in [-0.4, -0.2) is 41.1 Å². The third-order valence-corrected chi connectivity index (χ3v) is 4.79. The van der Waals surface area contributed by atoms with Crippen molar-refractivity contribution in [3.8, 4) is 0 Å². The van der Waals surface area contributed by atoms with E-state index >= 15 is 0 Å². The van der Waals surface area contributed by atoms with Crippen LogP contribution in [0.25, 0.3) is 0 Å². The molecule has 1 amide bonds. The Hall–Kier alpha value is -0.610. The minimum absolute atomic E-state index is 0.0253. The van der Waals surface area contributed by atoms with E-state index in [-0.39, 0.29) is 24.6 Å². The molecule has 0 radical (unpaired) electrons. The summed E-state index contributed by atoms with van der Waals surface area (Å²) in [5, 5.41) is 9.40. The molecule has 2 aliphatic rings. The van der Waals surface area contributed by atoms with E-state index in [0.717, 1.165) is 25.8 Å². The highest BCUT2D eigenvalue weighted by molar-refractivity contribution is 5.77. The van der Waals surface area contributed by atoms with Gasteiger partial charge in [-0.1, -0.05) is 19.8 Å². The second-order valence-corrected chi connectivity index (χ2v) is 6.02. The lowest BCUT2D eigenvalue weighted by Crippen LogP contribution is -2.43. The summed E-state index contributed by atoms with van der Waals surface area (Å²) in [6, 6.07) is 0.215. The first-order chi connectivity index (χ1) is 8.63. The Kier molecular flexibility index (Phi) is 4.62. The summed E-state index contributed by atoms with van der Waals surface area (Å²) in [5.74, 6) is 0.959. The highest BCUT2D eigenvalue weighted by Crippen LogP contribution is 2.29. The van der Waals surface area contributed by atoms with Gasteiger partial charge in [-0.3, -0.25) is 4.79 Å². The fourth-order valence-corrected chi connectivity index (χ4v) is 3.43. The number of carbonyl (C=O) groups is 1. The summed E-state index contributed by atoms with van der Waals surface area (Å²) in [6.07, 6.45) is 6.12. The van der Waals surface area contributed by atoms with E-state index in [0.29, 0.717) is 18.3 Å². The molecule has 1 saturated carbocycles. The van der Waals surface area contributed by atoms with Crippen molar-refractivity contribution in [2.24, 2.45) is 17.6 Å². The molecule has 104 valence electrons. The number of carbonyl (C=O) groups excluding carboxylic acids is 1. The van der Waals surface area contributed by atoms with Crippen LogP contribution >= 0.6 is 0 Å². The van der Waals surface area contributed by atoms with E-state index in [1.807, 2.05) is 4.90 Å². The fraction of sp³-hybridized carbons (Fsp3) is 0.929. The summed E-state index contributed by atoms with van der Waals surface area (Å²) >= 11 is 0. The van der Waals surface area contributed by atoms with Crippen LogP contribution in [0.15, 0.2) is 0 Å². The number of rotatable bonds is 3. The van der Waals surface area contributed by atoms with Gasteiger partial charge in [0.2, 0.25) is 5.91 Å². The van der Waals surface area contributed by atoms with Crippen molar-refractivity contribution in [2.75, 3.05) is 13.2 Å². The van der Waals surface area contributed by atoms with Gasteiger partial charge in [-0.25, -0.2) is 0 Å². The second-order valence-electron chi connectivity index (χ2n) is 6.02. The number of nitrogens with zero attached hydrogens (tertiary/aromatic N) is 1. The van der Waals surface area contributed by atoms with Crippen LogP contribution in [0.3, 0.4) is 0 Å². The summed E-state index contributed by atoms with van der Waals surface area (Å²) < 4.78 is 0. The van der Waals surface area contributed by atoms with Crippen molar-refractivity contribution in [3.63, 3.8) is 0 Å². The number of aliphatic hydroxyl groups excluding tert-OH is 1. The van der Waals surface area contributed by atoms with Crippen LogP contribution in [-0.2, 0) is 4.79 Å². The van der Waals surface area contributed by atoms with E-state index < -0.39 is 0 Å². The Balaban J connectivity index is 1.91. The van der Waals surface area contributed by atoms with Gasteiger partial charge in [-0.15, -0.1) is 0 Å². The van der Waals surface area contributed by atoms with E-state index in [9.17, 15) is 9.90 Å². The first-order valence-corrected chi connectivity index (χ1v) is 7.29. The third-order valence-electron chi connectivity index (χ3n) is 4.79.